The van der Waals surface area contributed by atoms with Crippen LogP contribution >= 0.6 is 0 Å². The van der Waals surface area contributed by atoms with Gasteiger partial charge in [0.25, 0.3) is 11.4 Å². The summed E-state index contributed by atoms with van der Waals surface area (Å²) in [5.74, 6) is 15.0. The first-order valence-corrected chi connectivity index (χ1v) is 12.0. The second-order valence-electron chi connectivity index (χ2n) is 7.96. The van der Waals surface area contributed by atoms with Gasteiger partial charge in [-0.3, -0.25) is 0 Å². The van der Waals surface area contributed by atoms with Gasteiger partial charge in [-0.15, -0.1) is 0 Å². The zero-order valence-electron chi connectivity index (χ0n) is 17.7. The van der Waals surface area contributed by atoms with Crippen molar-refractivity contribution in [2.24, 2.45) is 18.9 Å². The van der Waals surface area contributed by atoms with E-state index in [1.807, 2.05) is 0 Å². The van der Waals surface area contributed by atoms with Crippen LogP contribution in [0.4, 0.5) is 13.2 Å². The van der Waals surface area contributed by atoms with Crippen LogP contribution in [0.5, 0.6) is 0 Å². The van der Waals surface area contributed by atoms with Crippen molar-refractivity contribution in [2.45, 2.75) is 69.7 Å². The van der Waals surface area contributed by atoms with Gasteiger partial charge < -0.3 is 4.55 Å². The monoisotopic (exact) mass is 455 g/mol. The zero-order valence-corrected chi connectivity index (χ0v) is 18.5. The highest BCUT2D eigenvalue weighted by molar-refractivity contribution is 7.86. The number of halogens is 3. The first-order valence-electron chi connectivity index (χ1n) is 10.6. The average molecular weight is 456 g/mol. The summed E-state index contributed by atoms with van der Waals surface area (Å²) in [5, 5.41) is 0. The Morgan fingerprint density at radius 3 is 1.55 bits per heavy atom. The number of hydrogen-bond donors (Lipinski definition) is 0. The van der Waals surface area contributed by atoms with Crippen molar-refractivity contribution in [3.05, 3.63) is 29.6 Å². The highest BCUT2D eigenvalue weighted by Crippen LogP contribution is 2.23. The van der Waals surface area contributed by atoms with Gasteiger partial charge in [0.1, 0.15) is 7.05 Å². The van der Waals surface area contributed by atoms with Crippen molar-refractivity contribution in [3.8, 4) is 23.7 Å². The van der Waals surface area contributed by atoms with E-state index in [9.17, 15) is 13.2 Å². The lowest BCUT2D eigenvalue weighted by Crippen LogP contribution is -2.36. The quantitative estimate of drug-likeness (QED) is 0.252. The van der Waals surface area contributed by atoms with E-state index in [1.54, 1.807) is 0 Å². The lowest BCUT2D eigenvalue weighted by molar-refractivity contribution is -0.676. The molecule has 0 saturated heterocycles. The van der Waals surface area contributed by atoms with Gasteiger partial charge in [-0.25, -0.2) is 8.42 Å². The standard InChI is InChI=1S/C22H28N.CHF3O3S/c1-23-21(17-15-19-9-4-2-5-10-19)13-8-14-22(23)18-16-20-11-6-3-7-12-20;2-1(3,4)8(5,6)7/h8,13-14,19-20H,2-7,9-12H2,1H3;(H,5,6,7)/q+1;/p-1. The highest BCUT2D eigenvalue weighted by atomic mass is 32.2. The van der Waals surface area contributed by atoms with E-state index < -0.39 is 15.6 Å². The molecule has 0 N–H and O–H groups in total. The fraction of sp³-hybridized carbons (Fsp3) is 0.609. The number of aromatic nitrogens is 1. The van der Waals surface area contributed by atoms with Gasteiger partial charge in [-0.05, 0) is 31.7 Å². The lowest BCUT2D eigenvalue weighted by Gasteiger charge is -2.15. The Balaban J connectivity index is 0.000000366. The van der Waals surface area contributed by atoms with Gasteiger partial charge in [-0.1, -0.05) is 50.4 Å². The molecule has 1 aromatic rings. The third-order valence-electron chi connectivity index (χ3n) is 5.53. The van der Waals surface area contributed by atoms with Crippen LogP contribution in [0.3, 0.4) is 0 Å². The van der Waals surface area contributed by atoms with E-state index in [-0.39, 0.29) is 0 Å². The molecule has 8 heteroatoms. The molecule has 2 fully saturated rings. The summed E-state index contributed by atoms with van der Waals surface area (Å²) in [6.45, 7) is 0. The van der Waals surface area contributed by atoms with Gasteiger partial charge in [0.2, 0.25) is 0 Å². The third-order valence-corrected chi connectivity index (χ3v) is 6.10. The first-order chi connectivity index (χ1) is 14.6. The van der Waals surface area contributed by atoms with Crippen molar-refractivity contribution >= 4 is 10.1 Å². The summed E-state index contributed by atoms with van der Waals surface area (Å²) in [5.41, 5.74) is -3.47. The molecule has 1 heterocycles. The molecule has 0 aliphatic heterocycles. The van der Waals surface area contributed by atoms with Crippen LogP contribution in [0, 0.1) is 35.5 Å². The molecule has 0 amide bonds. The van der Waals surface area contributed by atoms with Gasteiger partial charge in [0, 0.05) is 35.8 Å². The Bertz CT molecular complexity index is 899. The van der Waals surface area contributed by atoms with Gasteiger partial charge in [0.15, 0.2) is 10.1 Å². The Hall–Kier alpha value is -2.03. The maximum Gasteiger partial charge on any atom is 0.485 e. The molecule has 1 aromatic heterocycles. The summed E-state index contributed by atoms with van der Waals surface area (Å²) in [7, 11) is -4.00. The Morgan fingerprint density at radius 1 is 0.871 bits per heavy atom. The van der Waals surface area contributed by atoms with E-state index in [4.69, 9.17) is 13.0 Å². The smallest absolute Gasteiger partial charge is 0.485 e. The van der Waals surface area contributed by atoms with Gasteiger partial charge >= 0.3 is 5.51 Å². The number of pyridine rings is 1. The van der Waals surface area contributed by atoms with Crippen LogP contribution in [0.25, 0.3) is 0 Å². The number of rotatable bonds is 0. The molecule has 0 bridgehead atoms. The first kappa shape index (κ1) is 25.2. The average Bonchev–Trinajstić information content (AvgIpc) is 2.73. The van der Waals surface area contributed by atoms with Crippen LogP contribution in [-0.2, 0) is 17.2 Å². The molecule has 0 radical (unpaired) electrons. The van der Waals surface area contributed by atoms with E-state index in [2.05, 4.69) is 53.5 Å². The fourth-order valence-electron chi connectivity index (χ4n) is 3.68. The number of hydrogen-bond acceptors (Lipinski definition) is 3. The predicted octanol–water partition coefficient (Wildman–Crippen LogP) is 4.43. The molecular weight excluding hydrogens is 427 g/mol. The maximum atomic E-state index is 10.7. The minimum absolute atomic E-state index is 0.598. The fourth-order valence-corrected chi connectivity index (χ4v) is 3.68. The maximum absolute atomic E-state index is 10.7. The molecule has 0 spiro atoms. The SMILES string of the molecule is C[n+]1c(C#CC2CCCCC2)cccc1C#CC1CCCCC1.O=S(=O)([O-])C(F)(F)F. The molecule has 4 nitrogen and oxygen atoms in total. The summed E-state index contributed by atoms with van der Waals surface area (Å²) in [6, 6.07) is 6.32. The summed E-state index contributed by atoms with van der Waals surface area (Å²) >= 11 is 0. The van der Waals surface area contributed by atoms with Crippen LogP contribution in [-0.4, -0.2) is 18.5 Å². The van der Waals surface area contributed by atoms with Crippen molar-refractivity contribution in [1.82, 2.24) is 0 Å². The Kier molecular flexibility index (Phi) is 9.40. The number of alkyl halides is 3. The van der Waals surface area contributed by atoms with Crippen LogP contribution in [0.15, 0.2) is 18.2 Å². The second kappa shape index (κ2) is 11.5. The van der Waals surface area contributed by atoms with E-state index >= 15 is 0 Å². The largest absolute Gasteiger partial charge is 0.741 e. The van der Waals surface area contributed by atoms with Crippen LogP contribution < -0.4 is 4.57 Å². The molecule has 3 rings (SSSR count). The Morgan fingerprint density at radius 2 is 1.23 bits per heavy atom. The molecule has 2 aliphatic carbocycles. The van der Waals surface area contributed by atoms with Crippen LogP contribution in [0.1, 0.15) is 75.6 Å². The third kappa shape index (κ3) is 8.55. The molecule has 0 atom stereocenters. The molecular formula is C23H28F3NO3S. The van der Waals surface area contributed by atoms with E-state index in [0.717, 1.165) is 11.4 Å². The van der Waals surface area contributed by atoms with Crippen molar-refractivity contribution in [2.75, 3.05) is 0 Å². The van der Waals surface area contributed by atoms with Gasteiger partial charge in [0.05, 0.1) is 0 Å². The molecule has 0 unspecified atom stereocenters. The summed E-state index contributed by atoms with van der Waals surface area (Å²) in [6.07, 6.45) is 13.3. The molecule has 31 heavy (non-hydrogen) atoms. The minimum atomic E-state index is -6.09. The summed E-state index contributed by atoms with van der Waals surface area (Å²) in [4.78, 5) is 0. The van der Waals surface area contributed by atoms with E-state index in [1.165, 1.54) is 64.2 Å². The minimum Gasteiger partial charge on any atom is -0.741 e. The molecule has 2 saturated carbocycles. The second-order valence-corrected chi connectivity index (χ2v) is 9.33. The topological polar surface area (TPSA) is 61.1 Å². The normalized spacial score (nSPS) is 18.0. The van der Waals surface area contributed by atoms with Crippen molar-refractivity contribution in [1.29, 1.82) is 0 Å². The lowest BCUT2D eigenvalue weighted by atomic mass is 9.90. The molecule has 0 aromatic carbocycles. The van der Waals surface area contributed by atoms with E-state index in [0.29, 0.717) is 11.8 Å². The highest BCUT2D eigenvalue weighted by Gasteiger charge is 2.36. The van der Waals surface area contributed by atoms with Gasteiger partial charge in [-0.2, -0.15) is 17.7 Å². The van der Waals surface area contributed by atoms with Crippen molar-refractivity contribution in [3.63, 3.8) is 0 Å². The summed E-state index contributed by atoms with van der Waals surface area (Å²) < 4.78 is 61.1. The Labute approximate surface area is 183 Å². The van der Waals surface area contributed by atoms with Crippen molar-refractivity contribution < 1.29 is 30.7 Å². The predicted molar refractivity (Wildman–Crippen MR) is 110 cm³/mol. The molecule has 170 valence electrons. The molecule has 2 aliphatic rings. The number of nitrogens with zero attached hydrogens (tertiary/aromatic N) is 1. The van der Waals surface area contributed by atoms with Crippen LogP contribution in [0.2, 0.25) is 0 Å². The zero-order chi connectivity index (χ0) is 22.9.